The van der Waals surface area contributed by atoms with Crippen molar-refractivity contribution in [3.63, 3.8) is 0 Å². The SMILES string of the molecule is COc1ccc(C2(c3ccc(-c4ccccc4)cc3)C=Cc3c4c(c5ccc(OC)cc5c3O2)-c2ccccc2C4(C)C)cc1. The molecule has 6 aromatic carbocycles. The zero-order chi connectivity index (χ0) is 30.8. The molecule has 1 heterocycles. The van der Waals surface area contributed by atoms with E-state index in [4.69, 9.17) is 14.2 Å². The van der Waals surface area contributed by atoms with Gasteiger partial charge in [0.25, 0.3) is 0 Å². The molecular weight excluding hydrogens is 552 g/mol. The lowest BCUT2D eigenvalue weighted by Gasteiger charge is -2.38. The molecule has 2 aliphatic rings. The van der Waals surface area contributed by atoms with Gasteiger partial charge in [-0.05, 0) is 75.2 Å². The van der Waals surface area contributed by atoms with Crippen LogP contribution in [0.4, 0.5) is 0 Å². The van der Waals surface area contributed by atoms with Crippen molar-refractivity contribution in [3.05, 3.63) is 155 Å². The molecule has 45 heavy (non-hydrogen) atoms. The molecule has 1 atom stereocenters. The van der Waals surface area contributed by atoms with Crippen LogP contribution in [-0.4, -0.2) is 14.2 Å². The van der Waals surface area contributed by atoms with Gasteiger partial charge >= 0.3 is 0 Å². The van der Waals surface area contributed by atoms with Crippen LogP contribution < -0.4 is 14.2 Å². The molecule has 0 radical (unpaired) electrons. The Morgan fingerprint density at radius 2 is 1.22 bits per heavy atom. The zero-order valence-corrected chi connectivity index (χ0v) is 25.9. The van der Waals surface area contributed by atoms with Crippen molar-refractivity contribution in [3.8, 4) is 39.5 Å². The highest BCUT2D eigenvalue weighted by Crippen LogP contribution is 2.58. The van der Waals surface area contributed by atoms with Crippen LogP contribution in [0.5, 0.6) is 17.2 Å². The molecule has 0 aromatic heterocycles. The molecule has 1 unspecified atom stereocenters. The first-order valence-corrected chi connectivity index (χ1v) is 15.4. The molecule has 0 bridgehead atoms. The summed E-state index contributed by atoms with van der Waals surface area (Å²) in [6, 6.07) is 42.6. The van der Waals surface area contributed by atoms with Crippen molar-refractivity contribution in [1.82, 2.24) is 0 Å². The average Bonchev–Trinajstić information content (AvgIpc) is 3.35. The van der Waals surface area contributed by atoms with E-state index in [-0.39, 0.29) is 5.41 Å². The third-order valence-electron chi connectivity index (χ3n) is 9.69. The number of ether oxygens (including phenoxy) is 3. The molecule has 0 saturated heterocycles. The van der Waals surface area contributed by atoms with Gasteiger partial charge in [0.15, 0.2) is 5.60 Å². The van der Waals surface area contributed by atoms with Gasteiger partial charge in [0, 0.05) is 27.5 Å². The van der Waals surface area contributed by atoms with Crippen LogP contribution in [0.15, 0.2) is 127 Å². The van der Waals surface area contributed by atoms with E-state index in [9.17, 15) is 0 Å². The van der Waals surface area contributed by atoms with Crippen LogP contribution >= 0.6 is 0 Å². The monoisotopic (exact) mass is 586 g/mol. The average molecular weight is 587 g/mol. The van der Waals surface area contributed by atoms with Gasteiger partial charge in [-0.3, -0.25) is 0 Å². The van der Waals surface area contributed by atoms with Crippen molar-refractivity contribution in [2.45, 2.75) is 24.9 Å². The topological polar surface area (TPSA) is 27.7 Å². The van der Waals surface area contributed by atoms with E-state index in [2.05, 4.69) is 129 Å². The van der Waals surface area contributed by atoms with Gasteiger partial charge in [-0.15, -0.1) is 0 Å². The second-order valence-corrected chi connectivity index (χ2v) is 12.4. The molecule has 0 saturated carbocycles. The van der Waals surface area contributed by atoms with Crippen molar-refractivity contribution >= 4 is 16.8 Å². The van der Waals surface area contributed by atoms with Crippen LogP contribution in [0.3, 0.4) is 0 Å². The summed E-state index contributed by atoms with van der Waals surface area (Å²) in [5.74, 6) is 2.48. The van der Waals surface area contributed by atoms with Crippen LogP contribution in [0.1, 0.15) is 41.7 Å². The molecule has 3 nitrogen and oxygen atoms in total. The number of benzene rings is 6. The Morgan fingerprint density at radius 1 is 0.600 bits per heavy atom. The maximum atomic E-state index is 7.46. The summed E-state index contributed by atoms with van der Waals surface area (Å²) in [4.78, 5) is 0. The summed E-state index contributed by atoms with van der Waals surface area (Å²) in [5, 5.41) is 2.21. The first-order valence-electron chi connectivity index (χ1n) is 15.4. The van der Waals surface area contributed by atoms with Gasteiger partial charge in [0.05, 0.1) is 14.2 Å². The van der Waals surface area contributed by atoms with E-state index in [1.54, 1.807) is 14.2 Å². The summed E-state index contributed by atoms with van der Waals surface area (Å²) in [6.07, 6.45) is 4.53. The number of rotatable bonds is 5. The fourth-order valence-electron chi connectivity index (χ4n) is 7.42. The molecule has 3 heteroatoms. The van der Waals surface area contributed by atoms with Gasteiger partial charge in [-0.2, -0.15) is 0 Å². The summed E-state index contributed by atoms with van der Waals surface area (Å²) < 4.78 is 18.7. The molecule has 8 rings (SSSR count). The Kier molecular flexibility index (Phi) is 6.15. The molecule has 1 aliphatic carbocycles. The first-order chi connectivity index (χ1) is 21.9. The van der Waals surface area contributed by atoms with E-state index in [1.807, 2.05) is 18.2 Å². The highest BCUT2D eigenvalue weighted by Gasteiger charge is 2.44. The lowest BCUT2D eigenvalue weighted by molar-refractivity contribution is 0.163. The fraction of sp³-hybridized carbons (Fsp3) is 0.143. The van der Waals surface area contributed by atoms with E-state index >= 15 is 0 Å². The molecule has 1 aliphatic heterocycles. The number of methoxy groups -OCH3 is 2. The number of hydrogen-bond donors (Lipinski definition) is 0. The lowest BCUT2D eigenvalue weighted by Crippen LogP contribution is -2.35. The Balaban J connectivity index is 1.39. The molecule has 220 valence electrons. The van der Waals surface area contributed by atoms with E-state index in [0.29, 0.717) is 0 Å². The minimum absolute atomic E-state index is 0.199. The Bertz CT molecular complexity index is 2110. The Hall–Kier alpha value is -5.28. The van der Waals surface area contributed by atoms with Crippen molar-refractivity contribution in [2.75, 3.05) is 14.2 Å². The predicted octanol–water partition coefficient (Wildman–Crippen LogP) is 10.2. The van der Waals surface area contributed by atoms with Crippen LogP contribution in [0.2, 0.25) is 0 Å². The van der Waals surface area contributed by atoms with Crippen molar-refractivity contribution in [1.29, 1.82) is 0 Å². The molecule has 0 spiro atoms. The van der Waals surface area contributed by atoms with E-state index < -0.39 is 5.60 Å². The van der Waals surface area contributed by atoms with E-state index in [0.717, 1.165) is 44.9 Å². The second kappa shape index (κ2) is 10.1. The third kappa shape index (κ3) is 4.04. The highest BCUT2D eigenvalue weighted by atomic mass is 16.5. The van der Waals surface area contributed by atoms with Crippen LogP contribution in [-0.2, 0) is 11.0 Å². The molecule has 0 fully saturated rings. The molecule has 6 aromatic rings. The number of hydrogen-bond acceptors (Lipinski definition) is 3. The fourth-order valence-corrected chi connectivity index (χ4v) is 7.42. The summed E-state index contributed by atoms with van der Waals surface area (Å²) >= 11 is 0. The van der Waals surface area contributed by atoms with E-state index in [1.165, 1.54) is 33.2 Å². The maximum Gasteiger partial charge on any atom is 0.178 e. The van der Waals surface area contributed by atoms with Gasteiger partial charge in [0.2, 0.25) is 0 Å². The van der Waals surface area contributed by atoms with Crippen LogP contribution in [0.25, 0.3) is 39.1 Å². The molecule has 0 amide bonds. The Labute approximate surface area is 264 Å². The van der Waals surface area contributed by atoms with Crippen molar-refractivity contribution in [2.24, 2.45) is 0 Å². The Morgan fingerprint density at radius 3 is 1.93 bits per heavy atom. The first kappa shape index (κ1) is 27.3. The molecular formula is C42H34O3. The quantitative estimate of drug-likeness (QED) is 0.201. The highest BCUT2D eigenvalue weighted by molar-refractivity contribution is 6.08. The maximum absolute atomic E-state index is 7.46. The normalized spacial score (nSPS) is 17.2. The minimum atomic E-state index is -0.867. The van der Waals surface area contributed by atoms with Gasteiger partial charge in [0.1, 0.15) is 17.2 Å². The van der Waals surface area contributed by atoms with Gasteiger partial charge in [-0.25, -0.2) is 0 Å². The summed E-state index contributed by atoms with van der Waals surface area (Å²) in [7, 11) is 3.41. The third-order valence-corrected chi connectivity index (χ3v) is 9.69. The zero-order valence-electron chi connectivity index (χ0n) is 25.9. The minimum Gasteiger partial charge on any atom is -0.497 e. The largest absolute Gasteiger partial charge is 0.497 e. The van der Waals surface area contributed by atoms with Crippen LogP contribution in [0, 0.1) is 0 Å². The van der Waals surface area contributed by atoms with Crippen molar-refractivity contribution < 1.29 is 14.2 Å². The van der Waals surface area contributed by atoms with Gasteiger partial charge in [-0.1, -0.05) is 111 Å². The summed E-state index contributed by atoms with van der Waals surface area (Å²) in [6.45, 7) is 4.66. The summed E-state index contributed by atoms with van der Waals surface area (Å²) in [5.41, 5.74) is 9.68. The molecule has 0 N–H and O–H groups in total. The number of fused-ring (bicyclic) bond motifs is 8. The standard InChI is InChI=1S/C42H34O3/c1-41(2)37-13-9-8-12-34(37)38-33-23-22-32(44-4)26-36(33)40-35(39(38)41)24-25-42(45-40,30-18-20-31(43-3)21-19-30)29-16-14-28(15-17-29)27-10-6-5-7-11-27/h5-26H,1-4H3. The van der Waals surface area contributed by atoms with Gasteiger partial charge < -0.3 is 14.2 Å². The second-order valence-electron chi connectivity index (χ2n) is 12.4. The smallest absolute Gasteiger partial charge is 0.178 e. The lowest BCUT2D eigenvalue weighted by atomic mass is 9.76. The predicted molar refractivity (Wildman–Crippen MR) is 183 cm³/mol.